The number of piperidine rings is 1. The van der Waals surface area contributed by atoms with Gasteiger partial charge in [0.05, 0.1) is 0 Å². The van der Waals surface area contributed by atoms with E-state index in [-0.39, 0.29) is 17.7 Å². The maximum absolute atomic E-state index is 12.6. The SMILES string of the molecule is Cc1ccc(C(=O)N2CCC(C(=O)NCC(C)C)CC2)cc1C. The van der Waals surface area contributed by atoms with Crippen LogP contribution in [0.25, 0.3) is 0 Å². The fourth-order valence-corrected chi connectivity index (χ4v) is 2.85. The van der Waals surface area contributed by atoms with E-state index in [1.54, 1.807) is 0 Å². The lowest BCUT2D eigenvalue weighted by atomic mass is 9.95. The molecule has 1 aromatic rings. The first-order valence-corrected chi connectivity index (χ1v) is 8.52. The minimum Gasteiger partial charge on any atom is -0.356 e. The summed E-state index contributed by atoms with van der Waals surface area (Å²) in [6.07, 6.45) is 1.50. The van der Waals surface area contributed by atoms with Crippen molar-refractivity contribution in [3.05, 3.63) is 34.9 Å². The minimum atomic E-state index is 0.0394. The Morgan fingerprint density at radius 1 is 1.17 bits per heavy atom. The van der Waals surface area contributed by atoms with Crippen LogP contribution >= 0.6 is 0 Å². The smallest absolute Gasteiger partial charge is 0.253 e. The van der Waals surface area contributed by atoms with Gasteiger partial charge in [0.1, 0.15) is 0 Å². The molecule has 0 radical (unpaired) electrons. The number of carbonyl (C=O) groups is 2. The Morgan fingerprint density at radius 2 is 1.83 bits per heavy atom. The highest BCUT2D eigenvalue weighted by Crippen LogP contribution is 2.20. The lowest BCUT2D eigenvalue weighted by molar-refractivity contribution is -0.126. The third kappa shape index (κ3) is 4.57. The number of rotatable bonds is 4. The summed E-state index contributed by atoms with van der Waals surface area (Å²) in [6, 6.07) is 5.85. The quantitative estimate of drug-likeness (QED) is 0.928. The maximum Gasteiger partial charge on any atom is 0.253 e. The summed E-state index contributed by atoms with van der Waals surface area (Å²) in [5.41, 5.74) is 3.08. The highest BCUT2D eigenvalue weighted by Gasteiger charge is 2.27. The Hall–Kier alpha value is -1.84. The number of nitrogens with zero attached hydrogens (tertiary/aromatic N) is 1. The van der Waals surface area contributed by atoms with Gasteiger partial charge in [0.2, 0.25) is 5.91 Å². The number of likely N-dealkylation sites (tertiary alicyclic amines) is 1. The predicted molar refractivity (Wildman–Crippen MR) is 92.4 cm³/mol. The molecule has 23 heavy (non-hydrogen) atoms. The molecule has 1 aliphatic rings. The van der Waals surface area contributed by atoms with E-state index >= 15 is 0 Å². The zero-order valence-corrected chi connectivity index (χ0v) is 14.7. The molecular weight excluding hydrogens is 288 g/mol. The molecule has 1 saturated heterocycles. The number of hydrogen-bond donors (Lipinski definition) is 1. The van der Waals surface area contributed by atoms with E-state index in [9.17, 15) is 9.59 Å². The van der Waals surface area contributed by atoms with E-state index in [0.29, 0.717) is 19.0 Å². The molecule has 2 amide bonds. The van der Waals surface area contributed by atoms with Gasteiger partial charge >= 0.3 is 0 Å². The normalized spacial score (nSPS) is 15.8. The van der Waals surface area contributed by atoms with Crippen molar-refractivity contribution < 1.29 is 9.59 Å². The van der Waals surface area contributed by atoms with Crippen LogP contribution in [0.5, 0.6) is 0 Å². The van der Waals surface area contributed by atoms with Crippen molar-refractivity contribution in [3.8, 4) is 0 Å². The van der Waals surface area contributed by atoms with Gasteiger partial charge in [0, 0.05) is 31.1 Å². The Kier molecular flexibility index (Phi) is 5.80. The third-order valence-electron chi connectivity index (χ3n) is 4.59. The molecule has 4 heteroatoms. The average molecular weight is 316 g/mol. The number of amides is 2. The van der Waals surface area contributed by atoms with Crippen LogP contribution in [0.4, 0.5) is 0 Å². The van der Waals surface area contributed by atoms with Crippen LogP contribution in [0.3, 0.4) is 0 Å². The van der Waals surface area contributed by atoms with Crippen molar-refractivity contribution in [2.24, 2.45) is 11.8 Å². The van der Waals surface area contributed by atoms with Gasteiger partial charge < -0.3 is 10.2 Å². The number of aryl methyl sites for hydroxylation is 2. The van der Waals surface area contributed by atoms with Crippen molar-refractivity contribution in [1.82, 2.24) is 10.2 Å². The fraction of sp³-hybridized carbons (Fsp3) is 0.579. The second kappa shape index (κ2) is 7.62. The summed E-state index contributed by atoms with van der Waals surface area (Å²) < 4.78 is 0. The van der Waals surface area contributed by atoms with Gasteiger partial charge in [0.25, 0.3) is 5.91 Å². The van der Waals surface area contributed by atoms with Gasteiger partial charge in [-0.2, -0.15) is 0 Å². The van der Waals surface area contributed by atoms with Crippen LogP contribution in [0.1, 0.15) is 48.2 Å². The van der Waals surface area contributed by atoms with Crippen molar-refractivity contribution in [2.75, 3.05) is 19.6 Å². The summed E-state index contributed by atoms with van der Waals surface area (Å²) >= 11 is 0. The van der Waals surface area contributed by atoms with Crippen LogP contribution in [0.2, 0.25) is 0 Å². The number of hydrogen-bond acceptors (Lipinski definition) is 2. The standard InChI is InChI=1S/C19H28N2O2/c1-13(2)12-20-18(22)16-7-9-21(10-8-16)19(23)17-6-5-14(3)15(4)11-17/h5-6,11,13,16H,7-10,12H2,1-4H3,(H,20,22). The second-order valence-corrected chi connectivity index (χ2v) is 7.00. The summed E-state index contributed by atoms with van der Waals surface area (Å²) in [5.74, 6) is 0.717. The van der Waals surface area contributed by atoms with Gasteiger partial charge in [-0.3, -0.25) is 9.59 Å². The minimum absolute atomic E-state index is 0.0394. The number of benzene rings is 1. The first-order valence-electron chi connectivity index (χ1n) is 8.52. The second-order valence-electron chi connectivity index (χ2n) is 7.00. The Balaban J connectivity index is 1.89. The number of carbonyl (C=O) groups excluding carboxylic acids is 2. The molecule has 1 aliphatic heterocycles. The maximum atomic E-state index is 12.6. The zero-order valence-electron chi connectivity index (χ0n) is 14.7. The monoisotopic (exact) mass is 316 g/mol. The van der Waals surface area contributed by atoms with Crippen LogP contribution in [0.15, 0.2) is 18.2 Å². The number of nitrogens with one attached hydrogen (secondary N) is 1. The molecule has 0 spiro atoms. The molecule has 0 unspecified atom stereocenters. The Bertz CT molecular complexity index is 573. The van der Waals surface area contributed by atoms with Crippen molar-refractivity contribution in [1.29, 1.82) is 0 Å². The highest BCUT2D eigenvalue weighted by atomic mass is 16.2. The zero-order chi connectivity index (χ0) is 17.0. The van der Waals surface area contributed by atoms with Crippen LogP contribution in [-0.4, -0.2) is 36.3 Å². The van der Waals surface area contributed by atoms with Gasteiger partial charge in [-0.15, -0.1) is 0 Å². The summed E-state index contributed by atoms with van der Waals surface area (Å²) in [5, 5.41) is 3.00. The highest BCUT2D eigenvalue weighted by molar-refractivity contribution is 5.94. The lowest BCUT2D eigenvalue weighted by Crippen LogP contribution is -2.43. The average Bonchev–Trinajstić information content (AvgIpc) is 2.54. The molecule has 1 fully saturated rings. The van der Waals surface area contributed by atoms with Crippen molar-refractivity contribution in [3.63, 3.8) is 0 Å². The van der Waals surface area contributed by atoms with Crippen LogP contribution in [0, 0.1) is 25.7 Å². The third-order valence-corrected chi connectivity index (χ3v) is 4.59. The largest absolute Gasteiger partial charge is 0.356 e. The van der Waals surface area contributed by atoms with Crippen LogP contribution in [-0.2, 0) is 4.79 Å². The van der Waals surface area contributed by atoms with E-state index in [1.165, 1.54) is 5.56 Å². The van der Waals surface area contributed by atoms with Gasteiger partial charge in [-0.05, 0) is 55.9 Å². The molecule has 2 rings (SSSR count). The van der Waals surface area contributed by atoms with E-state index in [2.05, 4.69) is 19.2 Å². The fourth-order valence-electron chi connectivity index (χ4n) is 2.85. The molecule has 4 nitrogen and oxygen atoms in total. The van der Waals surface area contributed by atoms with E-state index < -0.39 is 0 Å². The molecule has 126 valence electrons. The van der Waals surface area contributed by atoms with Crippen molar-refractivity contribution >= 4 is 11.8 Å². The summed E-state index contributed by atoms with van der Waals surface area (Å²) in [6.45, 7) is 10.3. The van der Waals surface area contributed by atoms with Crippen molar-refractivity contribution in [2.45, 2.75) is 40.5 Å². The molecule has 0 bridgehead atoms. The lowest BCUT2D eigenvalue weighted by Gasteiger charge is -2.31. The van der Waals surface area contributed by atoms with Crippen LogP contribution < -0.4 is 5.32 Å². The van der Waals surface area contributed by atoms with E-state index in [1.807, 2.05) is 36.9 Å². The van der Waals surface area contributed by atoms with Gasteiger partial charge in [-0.25, -0.2) is 0 Å². The molecule has 0 saturated carbocycles. The Morgan fingerprint density at radius 3 is 2.39 bits per heavy atom. The first-order chi connectivity index (χ1) is 10.9. The molecule has 0 aromatic heterocycles. The molecule has 1 heterocycles. The molecule has 0 atom stereocenters. The predicted octanol–water partition coefficient (Wildman–Crippen LogP) is 2.93. The molecule has 1 N–H and O–H groups in total. The van der Waals surface area contributed by atoms with E-state index in [0.717, 1.165) is 30.5 Å². The topological polar surface area (TPSA) is 49.4 Å². The first kappa shape index (κ1) is 17.5. The van der Waals surface area contributed by atoms with E-state index in [4.69, 9.17) is 0 Å². The summed E-state index contributed by atoms with van der Waals surface area (Å²) in [4.78, 5) is 26.6. The molecule has 0 aliphatic carbocycles. The summed E-state index contributed by atoms with van der Waals surface area (Å²) in [7, 11) is 0. The molecule has 1 aromatic carbocycles. The Labute approximate surface area is 139 Å². The van der Waals surface area contributed by atoms with Gasteiger partial charge in [0.15, 0.2) is 0 Å². The van der Waals surface area contributed by atoms with Gasteiger partial charge in [-0.1, -0.05) is 19.9 Å². The molecular formula is C19H28N2O2.